The molecule has 2 N–H and O–H groups in total. The van der Waals surface area contributed by atoms with E-state index in [9.17, 15) is 0 Å². The molecule has 2 fully saturated rings. The van der Waals surface area contributed by atoms with Crippen LogP contribution in [0, 0.1) is 5.92 Å². The van der Waals surface area contributed by atoms with Crippen LogP contribution in [0.5, 0.6) is 0 Å². The van der Waals surface area contributed by atoms with Crippen molar-refractivity contribution in [1.29, 1.82) is 0 Å². The Hall–Kier alpha value is -0.870. The van der Waals surface area contributed by atoms with Crippen molar-refractivity contribution in [1.82, 2.24) is 9.78 Å². The Balaban J connectivity index is 1.81. The fourth-order valence-electron chi connectivity index (χ4n) is 3.32. The average molecular weight is 263 g/mol. The molecule has 4 heteroatoms. The highest BCUT2D eigenvalue weighted by Crippen LogP contribution is 2.43. The van der Waals surface area contributed by atoms with Crippen LogP contribution in [0.1, 0.15) is 44.5 Å². The Kier molecular flexibility index (Phi) is 3.39. The zero-order valence-corrected chi connectivity index (χ0v) is 12.1. The van der Waals surface area contributed by atoms with Gasteiger partial charge in [-0.25, -0.2) is 0 Å². The fraction of sp³-hybridized carbons (Fsp3) is 0.800. The molecule has 1 saturated carbocycles. The molecule has 3 rings (SSSR count). The summed E-state index contributed by atoms with van der Waals surface area (Å²) in [7, 11) is 0. The van der Waals surface area contributed by atoms with Crippen LogP contribution in [0.25, 0.3) is 0 Å². The van der Waals surface area contributed by atoms with Crippen molar-refractivity contribution in [2.45, 2.75) is 64.1 Å². The molecule has 1 saturated heterocycles. The lowest BCUT2D eigenvalue weighted by Crippen LogP contribution is -2.50. The number of hydrogen-bond acceptors (Lipinski definition) is 3. The summed E-state index contributed by atoms with van der Waals surface area (Å²) in [4.78, 5) is 0. The molecular formula is C15H25N3O. The lowest BCUT2D eigenvalue weighted by Gasteiger charge is -2.30. The third-order valence-corrected chi connectivity index (χ3v) is 4.57. The van der Waals surface area contributed by atoms with E-state index in [1.165, 1.54) is 24.2 Å². The summed E-state index contributed by atoms with van der Waals surface area (Å²) in [5.41, 5.74) is 8.95. The molecule has 2 atom stereocenters. The van der Waals surface area contributed by atoms with Gasteiger partial charge in [-0.15, -0.1) is 0 Å². The third-order valence-electron chi connectivity index (χ3n) is 4.57. The van der Waals surface area contributed by atoms with Crippen molar-refractivity contribution < 1.29 is 4.74 Å². The van der Waals surface area contributed by atoms with Gasteiger partial charge in [0.2, 0.25) is 0 Å². The highest BCUT2D eigenvalue weighted by Gasteiger charge is 2.49. The van der Waals surface area contributed by atoms with Crippen molar-refractivity contribution in [2.24, 2.45) is 11.7 Å². The van der Waals surface area contributed by atoms with E-state index in [-0.39, 0.29) is 11.6 Å². The molecule has 4 nitrogen and oxygen atoms in total. The summed E-state index contributed by atoms with van der Waals surface area (Å²) in [5.74, 6) is 0.705. The first-order chi connectivity index (χ1) is 9.16. The summed E-state index contributed by atoms with van der Waals surface area (Å²) < 4.78 is 8.02. The van der Waals surface area contributed by atoms with Crippen LogP contribution in [0.2, 0.25) is 0 Å². The number of hydrogen-bond donors (Lipinski definition) is 1. The number of ether oxygens (including phenoxy) is 1. The molecule has 1 aromatic rings. The monoisotopic (exact) mass is 263 g/mol. The maximum atomic E-state index is 6.68. The van der Waals surface area contributed by atoms with Crippen LogP contribution in [-0.2, 0) is 24.1 Å². The molecule has 0 radical (unpaired) electrons. The minimum Gasteiger partial charge on any atom is -0.376 e. The number of rotatable bonds is 5. The molecule has 0 spiro atoms. The van der Waals surface area contributed by atoms with Gasteiger partial charge >= 0.3 is 0 Å². The van der Waals surface area contributed by atoms with E-state index in [4.69, 9.17) is 10.5 Å². The predicted octanol–water partition coefficient (Wildman–Crippen LogP) is 1.90. The number of nitrogens with zero attached hydrogens (tertiary/aromatic N) is 2. The summed E-state index contributed by atoms with van der Waals surface area (Å²) in [6.07, 6.45) is 5.70. The molecule has 19 heavy (non-hydrogen) atoms. The number of aromatic nitrogens is 2. The number of nitrogens with two attached hydrogens (primary N) is 1. The normalized spacial score (nSPS) is 31.0. The zero-order valence-electron chi connectivity index (χ0n) is 12.1. The zero-order chi connectivity index (χ0) is 13.5. The smallest absolute Gasteiger partial charge is 0.0787 e. The highest BCUT2D eigenvalue weighted by atomic mass is 16.5. The summed E-state index contributed by atoms with van der Waals surface area (Å²) in [6, 6.07) is 2.22. The second-order valence-electron chi connectivity index (χ2n) is 6.09. The van der Waals surface area contributed by atoms with Crippen LogP contribution in [0.4, 0.5) is 0 Å². The van der Waals surface area contributed by atoms with Crippen LogP contribution in [0.15, 0.2) is 6.07 Å². The standard InChI is InChI=1S/C15H25N3O/c1-3-12-9-13(18(4-2)17-12)10-15(16)7-8-19-14(15)11-5-6-11/h9,11,14H,3-8,10,16H2,1-2H3. The molecule has 0 aromatic carbocycles. The van der Waals surface area contributed by atoms with Crippen LogP contribution in [-0.4, -0.2) is 28.0 Å². The highest BCUT2D eigenvalue weighted by molar-refractivity contribution is 5.17. The Morgan fingerprint density at radius 1 is 1.47 bits per heavy atom. The van der Waals surface area contributed by atoms with Gasteiger partial charge in [-0.3, -0.25) is 4.68 Å². The first-order valence-electron chi connectivity index (χ1n) is 7.62. The maximum Gasteiger partial charge on any atom is 0.0787 e. The third kappa shape index (κ3) is 2.43. The molecule has 2 unspecified atom stereocenters. The van der Waals surface area contributed by atoms with E-state index < -0.39 is 0 Å². The summed E-state index contributed by atoms with van der Waals surface area (Å²) in [5, 5.41) is 4.63. The van der Waals surface area contributed by atoms with Crippen LogP contribution in [0.3, 0.4) is 0 Å². The SMILES string of the molecule is CCc1cc(CC2(N)CCOC2C2CC2)n(CC)n1. The molecule has 2 aliphatic rings. The number of aryl methyl sites for hydroxylation is 2. The van der Waals surface area contributed by atoms with E-state index in [1.807, 2.05) is 0 Å². The topological polar surface area (TPSA) is 53.1 Å². The minimum absolute atomic E-state index is 0.181. The summed E-state index contributed by atoms with van der Waals surface area (Å²) >= 11 is 0. The van der Waals surface area contributed by atoms with Gasteiger partial charge in [0.15, 0.2) is 0 Å². The van der Waals surface area contributed by atoms with Crippen molar-refractivity contribution >= 4 is 0 Å². The largest absolute Gasteiger partial charge is 0.376 e. The van der Waals surface area contributed by atoms with Gasteiger partial charge in [0.05, 0.1) is 17.3 Å². The van der Waals surface area contributed by atoms with Gasteiger partial charge in [-0.1, -0.05) is 6.92 Å². The van der Waals surface area contributed by atoms with Gasteiger partial charge in [0.25, 0.3) is 0 Å². The first-order valence-corrected chi connectivity index (χ1v) is 7.62. The van der Waals surface area contributed by atoms with Crippen molar-refractivity contribution in [3.05, 3.63) is 17.5 Å². The second kappa shape index (κ2) is 4.91. The van der Waals surface area contributed by atoms with E-state index in [1.54, 1.807) is 0 Å². The van der Waals surface area contributed by atoms with Gasteiger partial charge in [0, 0.05) is 25.3 Å². The van der Waals surface area contributed by atoms with Gasteiger partial charge in [0.1, 0.15) is 0 Å². The fourth-order valence-corrected chi connectivity index (χ4v) is 3.32. The molecule has 1 aromatic heterocycles. The first kappa shape index (κ1) is 13.1. The van der Waals surface area contributed by atoms with Crippen molar-refractivity contribution in [2.75, 3.05) is 6.61 Å². The second-order valence-corrected chi connectivity index (χ2v) is 6.09. The quantitative estimate of drug-likeness (QED) is 0.883. The molecular weight excluding hydrogens is 238 g/mol. The van der Waals surface area contributed by atoms with Crippen LogP contribution >= 0.6 is 0 Å². The van der Waals surface area contributed by atoms with Gasteiger partial charge < -0.3 is 10.5 Å². The maximum absolute atomic E-state index is 6.68. The van der Waals surface area contributed by atoms with Gasteiger partial charge in [-0.2, -0.15) is 5.10 Å². The average Bonchev–Trinajstić information content (AvgIpc) is 3.06. The Labute approximate surface area is 115 Å². The molecule has 2 heterocycles. The van der Waals surface area contributed by atoms with E-state index in [0.29, 0.717) is 5.92 Å². The molecule has 106 valence electrons. The molecule has 1 aliphatic carbocycles. The molecule has 0 bridgehead atoms. The Bertz CT molecular complexity index is 452. The lowest BCUT2D eigenvalue weighted by atomic mass is 9.85. The van der Waals surface area contributed by atoms with Gasteiger partial charge in [-0.05, 0) is 44.6 Å². The lowest BCUT2D eigenvalue weighted by molar-refractivity contribution is 0.0621. The molecule has 0 amide bonds. The predicted molar refractivity (Wildman–Crippen MR) is 75.0 cm³/mol. The van der Waals surface area contributed by atoms with Crippen molar-refractivity contribution in [3.8, 4) is 0 Å². The van der Waals surface area contributed by atoms with Crippen LogP contribution < -0.4 is 5.73 Å². The summed E-state index contributed by atoms with van der Waals surface area (Å²) in [6.45, 7) is 6.03. The van der Waals surface area contributed by atoms with E-state index >= 15 is 0 Å². The molecule has 1 aliphatic heterocycles. The van der Waals surface area contributed by atoms with E-state index in [0.717, 1.165) is 32.4 Å². The minimum atomic E-state index is -0.181. The van der Waals surface area contributed by atoms with Crippen molar-refractivity contribution in [3.63, 3.8) is 0 Å². The Morgan fingerprint density at radius 2 is 2.26 bits per heavy atom. The Morgan fingerprint density at radius 3 is 2.89 bits per heavy atom. The van der Waals surface area contributed by atoms with E-state index in [2.05, 4.69) is 29.7 Å².